The highest BCUT2D eigenvalue weighted by Crippen LogP contribution is 2.40. The fraction of sp³-hybridized carbons (Fsp3) is 0.190. The van der Waals surface area contributed by atoms with E-state index in [-0.39, 0.29) is 5.91 Å². The number of anilines is 1. The van der Waals surface area contributed by atoms with Crippen molar-refractivity contribution in [3.8, 4) is 6.07 Å². The lowest BCUT2D eigenvalue weighted by molar-refractivity contribution is 0.102. The Labute approximate surface area is 146 Å². The van der Waals surface area contributed by atoms with Gasteiger partial charge in [-0.2, -0.15) is 5.26 Å². The van der Waals surface area contributed by atoms with Gasteiger partial charge in [0.25, 0.3) is 5.91 Å². The molecule has 0 bridgehead atoms. The molecule has 1 fully saturated rings. The molecule has 0 aliphatic heterocycles. The predicted molar refractivity (Wildman–Crippen MR) is 97.4 cm³/mol. The Bertz CT molecular complexity index is 982. The Morgan fingerprint density at radius 2 is 1.92 bits per heavy atom. The number of nitrogens with one attached hydrogen (secondary N) is 1. The van der Waals surface area contributed by atoms with Gasteiger partial charge < -0.3 is 5.32 Å². The largest absolute Gasteiger partial charge is 0.322 e. The number of benzene rings is 2. The zero-order chi connectivity index (χ0) is 17.2. The van der Waals surface area contributed by atoms with Crippen LogP contribution in [0.1, 0.15) is 40.4 Å². The van der Waals surface area contributed by atoms with Gasteiger partial charge in [0.05, 0.1) is 23.6 Å². The average molecular weight is 327 g/mol. The van der Waals surface area contributed by atoms with E-state index < -0.39 is 0 Å². The van der Waals surface area contributed by atoms with Crippen LogP contribution in [-0.4, -0.2) is 10.9 Å². The third kappa shape index (κ3) is 3.22. The van der Waals surface area contributed by atoms with Crippen LogP contribution in [0.4, 0.5) is 5.69 Å². The number of nitriles is 1. The van der Waals surface area contributed by atoms with Crippen LogP contribution in [0.15, 0.2) is 54.6 Å². The number of para-hydroxylation sites is 1. The number of aromatic nitrogens is 1. The second-order valence-electron chi connectivity index (χ2n) is 6.37. The van der Waals surface area contributed by atoms with Crippen molar-refractivity contribution < 1.29 is 4.79 Å². The first-order chi connectivity index (χ1) is 12.2. The van der Waals surface area contributed by atoms with Gasteiger partial charge in [0.15, 0.2) is 0 Å². The van der Waals surface area contributed by atoms with E-state index in [2.05, 4.69) is 11.4 Å². The summed E-state index contributed by atoms with van der Waals surface area (Å²) in [6.07, 6.45) is 2.66. The van der Waals surface area contributed by atoms with E-state index >= 15 is 0 Å². The van der Waals surface area contributed by atoms with Crippen molar-refractivity contribution in [2.45, 2.75) is 25.2 Å². The van der Waals surface area contributed by atoms with Crippen molar-refractivity contribution in [3.63, 3.8) is 0 Å². The van der Waals surface area contributed by atoms with E-state index in [0.29, 0.717) is 17.9 Å². The van der Waals surface area contributed by atoms with Gasteiger partial charge in [0.2, 0.25) is 0 Å². The summed E-state index contributed by atoms with van der Waals surface area (Å²) < 4.78 is 0. The normalized spacial score (nSPS) is 13.4. The molecule has 1 aliphatic rings. The highest BCUT2D eigenvalue weighted by atomic mass is 16.1. The number of fused-ring (bicyclic) bond motifs is 1. The maximum absolute atomic E-state index is 12.8. The van der Waals surface area contributed by atoms with E-state index in [1.54, 1.807) is 0 Å². The number of hydrogen-bond donors (Lipinski definition) is 1. The third-order valence-corrected chi connectivity index (χ3v) is 4.47. The molecule has 122 valence electrons. The number of hydrogen-bond acceptors (Lipinski definition) is 3. The molecule has 4 heteroatoms. The maximum Gasteiger partial charge on any atom is 0.256 e. The second kappa shape index (κ2) is 6.37. The molecule has 0 saturated heterocycles. The fourth-order valence-electron chi connectivity index (χ4n) is 2.97. The van der Waals surface area contributed by atoms with Crippen molar-refractivity contribution in [3.05, 3.63) is 71.4 Å². The van der Waals surface area contributed by atoms with Crippen LogP contribution in [0, 0.1) is 11.3 Å². The van der Waals surface area contributed by atoms with Crippen LogP contribution in [0.25, 0.3) is 10.9 Å². The van der Waals surface area contributed by atoms with Gasteiger partial charge in [-0.15, -0.1) is 0 Å². The van der Waals surface area contributed by atoms with E-state index in [1.165, 1.54) is 0 Å². The van der Waals surface area contributed by atoms with Gasteiger partial charge in [0, 0.05) is 22.7 Å². The molecule has 1 amide bonds. The maximum atomic E-state index is 12.8. The smallest absolute Gasteiger partial charge is 0.256 e. The first-order valence-electron chi connectivity index (χ1n) is 8.41. The van der Waals surface area contributed by atoms with Crippen molar-refractivity contribution in [2.24, 2.45) is 0 Å². The lowest BCUT2D eigenvalue weighted by Gasteiger charge is -2.10. The molecule has 2 aromatic carbocycles. The number of rotatable bonds is 4. The van der Waals surface area contributed by atoms with E-state index in [9.17, 15) is 4.79 Å². The summed E-state index contributed by atoms with van der Waals surface area (Å²) >= 11 is 0. The topological polar surface area (TPSA) is 65.8 Å². The van der Waals surface area contributed by atoms with Gasteiger partial charge in [-0.25, -0.2) is 0 Å². The summed E-state index contributed by atoms with van der Waals surface area (Å²) in [6, 6.07) is 19.2. The molecule has 1 N–H and O–H groups in total. The molecule has 1 saturated carbocycles. The summed E-state index contributed by atoms with van der Waals surface area (Å²) in [4.78, 5) is 17.6. The molecule has 1 heterocycles. The summed E-state index contributed by atoms with van der Waals surface area (Å²) in [6.45, 7) is 0. The Kier molecular flexibility index (Phi) is 3.91. The fourth-order valence-corrected chi connectivity index (χ4v) is 2.97. The van der Waals surface area contributed by atoms with Gasteiger partial charge in [-0.3, -0.25) is 9.78 Å². The van der Waals surface area contributed by atoms with Gasteiger partial charge >= 0.3 is 0 Å². The van der Waals surface area contributed by atoms with Crippen molar-refractivity contribution >= 4 is 22.5 Å². The molecule has 0 spiro atoms. The van der Waals surface area contributed by atoms with Crippen LogP contribution in [-0.2, 0) is 6.42 Å². The summed E-state index contributed by atoms with van der Waals surface area (Å²) in [5.41, 5.74) is 4.19. The standard InChI is InChI=1S/C21H17N3O/c22-12-11-14-5-9-16(10-6-14)23-21(25)18-13-20(15-7-8-15)24-19-4-2-1-3-17(18)19/h1-6,9-10,13,15H,7-8,11H2,(H,23,25). The van der Waals surface area contributed by atoms with Crippen LogP contribution in [0.3, 0.4) is 0 Å². The molecule has 1 aliphatic carbocycles. The summed E-state index contributed by atoms with van der Waals surface area (Å²) in [7, 11) is 0. The Balaban J connectivity index is 1.66. The second-order valence-corrected chi connectivity index (χ2v) is 6.37. The van der Waals surface area contributed by atoms with E-state index in [1.807, 2.05) is 54.6 Å². The molecule has 3 aromatic rings. The van der Waals surface area contributed by atoms with Crippen LogP contribution in [0.5, 0.6) is 0 Å². The molecular formula is C21H17N3O. The lowest BCUT2D eigenvalue weighted by Crippen LogP contribution is -2.13. The van der Waals surface area contributed by atoms with Gasteiger partial charge in [-0.05, 0) is 42.7 Å². The minimum Gasteiger partial charge on any atom is -0.322 e. The first-order valence-corrected chi connectivity index (χ1v) is 8.41. The molecule has 0 atom stereocenters. The van der Waals surface area contributed by atoms with E-state index in [4.69, 9.17) is 10.2 Å². The number of nitrogens with zero attached hydrogens (tertiary/aromatic N) is 2. The van der Waals surface area contributed by atoms with Crippen LogP contribution in [0.2, 0.25) is 0 Å². The van der Waals surface area contributed by atoms with Crippen molar-refractivity contribution in [1.82, 2.24) is 4.98 Å². The number of pyridine rings is 1. The first kappa shape index (κ1) is 15.3. The van der Waals surface area contributed by atoms with Crippen molar-refractivity contribution in [1.29, 1.82) is 5.26 Å². The SMILES string of the molecule is N#CCc1ccc(NC(=O)c2cc(C3CC3)nc3ccccc23)cc1. The van der Waals surface area contributed by atoms with Crippen molar-refractivity contribution in [2.75, 3.05) is 5.32 Å². The Morgan fingerprint density at radius 3 is 2.64 bits per heavy atom. The quantitative estimate of drug-likeness (QED) is 0.771. The van der Waals surface area contributed by atoms with Gasteiger partial charge in [0.1, 0.15) is 0 Å². The number of carbonyl (C=O) groups is 1. The monoisotopic (exact) mass is 327 g/mol. The minimum absolute atomic E-state index is 0.131. The molecule has 0 unspecified atom stereocenters. The number of carbonyl (C=O) groups excluding carboxylic acids is 1. The molecule has 25 heavy (non-hydrogen) atoms. The lowest BCUT2D eigenvalue weighted by atomic mass is 10.0. The zero-order valence-corrected chi connectivity index (χ0v) is 13.7. The van der Waals surface area contributed by atoms with Gasteiger partial charge in [-0.1, -0.05) is 30.3 Å². The summed E-state index contributed by atoms with van der Waals surface area (Å²) in [5.74, 6) is 0.356. The average Bonchev–Trinajstić information content (AvgIpc) is 3.48. The summed E-state index contributed by atoms with van der Waals surface area (Å²) in [5, 5.41) is 12.6. The third-order valence-electron chi connectivity index (χ3n) is 4.47. The zero-order valence-electron chi connectivity index (χ0n) is 13.7. The highest BCUT2D eigenvalue weighted by Gasteiger charge is 2.26. The van der Waals surface area contributed by atoms with Crippen LogP contribution < -0.4 is 5.32 Å². The molecular weight excluding hydrogens is 310 g/mol. The molecule has 0 radical (unpaired) electrons. The van der Waals surface area contributed by atoms with Crippen LogP contribution >= 0.6 is 0 Å². The highest BCUT2D eigenvalue weighted by molar-refractivity contribution is 6.12. The molecule has 4 rings (SSSR count). The van der Waals surface area contributed by atoms with E-state index in [0.717, 1.165) is 40.7 Å². The molecule has 4 nitrogen and oxygen atoms in total. The minimum atomic E-state index is -0.131. The Morgan fingerprint density at radius 1 is 1.16 bits per heavy atom. The predicted octanol–water partition coefficient (Wildman–Crippen LogP) is 4.43. The number of amides is 1. The molecule has 1 aromatic heterocycles. The Hall–Kier alpha value is -3.19.